The fraction of sp³-hybridized carbons (Fsp3) is 0.548. The molecule has 0 saturated heterocycles. The smallest absolute Gasteiger partial charge is 0.260 e. The number of pyridine rings is 1. The molecular weight excluding hydrogens is 555 g/mol. The van der Waals surface area contributed by atoms with Crippen LogP contribution in [0.4, 0.5) is 16.0 Å². The van der Waals surface area contributed by atoms with Crippen molar-refractivity contribution in [3.8, 4) is 11.1 Å². The van der Waals surface area contributed by atoms with Crippen LogP contribution in [-0.4, -0.2) is 60.0 Å². The van der Waals surface area contributed by atoms with Crippen LogP contribution in [-0.2, 0) is 10.0 Å². The van der Waals surface area contributed by atoms with E-state index in [1.807, 2.05) is 20.1 Å². The number of rotatable bonds is 9. The normalized spacial score (nSPS) is 20.4. The summed E-state index contributed by atoms with van der Waals surface area (Å²) in [6, 6.07) is 6.18. The van der Waals surface area contributed by atoms with Crippen LogP contribution >= 0.6 is 0 Å². The van der Waals surface area contributed by atoms with Crippen molar-refractivity contribution in [3.63, 3.8) is 0 Å². The summed E-state index contributed by atoms with van der Waals surface area (Å²) in [5, 5.41) is 0.630. The first kappa shape index (κ1) is 30.3. The van der Waals surface area contributed by atoms with Crippen LogP contribution in [0.1, 0.15) is 71.3 Å². The zero-order chi connectivity index (χ0) is 30.0. The first-order chi connectivity index (χ1) is 20.0. The Morgan fingerprint density at radius 1 is 1.12 bits per heavy atom. The van der Waals surface area contributed by atoms with E-state index in [9.17, 15) is 13.2 Å². The third-order valence-electron chi connectivity index (χ3n) is 8.62. The average Bonchev–Trinajstić information content (AvgIpc) is 3.44. The van der Waals surface area contributed by atoms with Gasteiger partial charge < -0.3 is 4.90 Å². The Kier molecular flexibility index (Phi) is 9.08. The molecule has 0 radical (unpaired) electrons. The maximum Gasteiger partial charge on any atom is 0.260 e. The molecule has 9 nitrogen and oxygen atoms in total. The van der Waals surface area contributed by atoms with E-state index in [0.717, 1.165) is 51.4 Å². The number of sulfonamides is 1. The SMILES string of the molecule is CC(C)n1c(=O)c(-c2ccc(NS(=O)(=O)CC3CCCC3)c(F)c2)cc2cnc(N=CC3CCC(N(C)C)CC3)nc21. The molecule has 1 N–H and O–H groups in total. The molecule has 0 atom stereocenters. The molecule has 0 spiro atoms. The summed E-state index contributed by atoms with van der Waals surface area (Å²) in [7, 11) is 0.560. The van der Waals surface area contributed by atoms with Crippen molar-refractivity contribution in [2.24, 2.45) is 16.8 Å². The molecule has 3 aromatic rings. The molecule has 2 aliphatic rings. The largest absolute Gasteiger partial charge is 0.306 e. The number of aliphatic imine (C=N–C) groups is 1. The Labute approximate surface area is 247 Å². The van der Waals surface area contributed by atoms with Crippen LogP contribution in [0.25, 0.3) is 22.2 Å². The van der Waals surface area contributed by atoms with E-state index in [1.165, 1.54) is 12.1 Å². The van der Waals surface area contributed by atoms with Gasteiger partial charge in [-0.25, -0.2) is 22.8 Å². The summed E-state index contributed by atoms with van der Waals surface area (Å²) in [5.74, 6) is 0.0353. The van der Waals surface area contributed by atoms with Crippen LogP contribution in [0.2, 0.25) is 0 Å². The highest BCUT2D eigenvalue weighted by Crippen LogP contribution is 2.30. The molecule has 2 fully saturated rings. The Balaban J connectivity index is 1.40. The van der Waals surface area contributed by atoms with Crippen LogP contribution in [0, 0.1) is 17.7 Å². The molecule has 0 unspecified atom stereocenters. The lowest BCUT2D eigenvalue weighted by atomic mass is 9.86. The zero-order valence-corrected chi connectivity index (χ0v) is 25.7. The van der Waals surface area contributed by atoms with E-state index >= 15 is 4.39 Å². The fourth-order valence-corrected chi connectivity index (χ4v) is 7.80. The van der Waals surface area contributed by atoms with E-state index in [0.29, 0.717) is 34.5 Å². The van der Waals surface area contributed by atoms with Crippen molar-refractivity contribution in [2.45, 2.75) is 77.3 Å². The zero-order valence-electron chi connectivity index (χ0n) is 24.9. The van der Waals surface area contributed by atoms with Gasteiger partial charge in [-0.15, -0.1) is 0 Å². The van der Waals surface area contributed by atoms with Crippen molar-refractivity contribution in [1.29, 1.82) is 0 Å². The standard InChI is InChI=1S/C31H41FN6O3S/c1-20(2)38-29-24(18-34-31(35-29)33-17-21-9-12-25(13-10-21)37(3)4)15-26(30(38)39)23-11-14-28(27(32)16-23)36-42(40,41)19-22-7-5-6-8-22/h11,14-18,20-22,25,36H,5-10,12-13,19H2,1-4H3. The monoisotopic (exact) mass is 596 g/mol. The predicted molar refractivity (Wildman–Crippen MR) is 167 cm³/mol. The summed E-state index contributed by atoms with van der Waals surface area (Å²) < 4.78 is 44.4. The van der Waals surface area contributed by atoms with Crippen molar-refractivity contribution in [1.82, 2.24) is 19.4 Å². The highest BCUT2D eigenvalue weighted by atomic mass is 32.2. The molecule has 2 saturated carbocycles. The molecule has 5 rings (SSSR count). The first-order valence-corrected chi connectivity index (χ1v) is 16.6. The van der Waals surface area contributed by atoms with E-state index in [1.54, 1.807) is 22.9 Å². The summed E-state index contributed by atoms with van der Waals surface area (Å²) in [4.78, 5) is 29.6. The van der Waals surface area contributed by atoms with Crippen LogP contribution in [0.5, 0.6) is 0 Å². The molecular formula is C31H41FN6O3S. The Morgan fingerprint density at radius 3 is 2.48 bits per heavy atom. The number of nitrogens with zero attached hydrogens (tertiary/aromatic N) is 5. The number of fused-ring (bicyclic) bond motifs is 1. The number of nitrogens with one attached hydrogen (secondary N) is 1. The summed E-state index contributed by atoms with van der Waals surface area (Å²) in [6.07, 6.45) is 11.8. The topological polar surface area (TPSA) is 110 Å². The minimum atomic E-state index is -3.68. The second-order valence-corrected chi connectivity index (χ2v) is 14.1. The van der Waals surface area contributed by atoms with E-state index in [-0.39, 0.29) is 34.5 Å². The molecule has 42 heavy (non-hydrogen) atoms. The lowest BCUT2D eigenvalue weighted by molar-refractivity contribution is 0.215. The number of halogens is 1. The summed E-state index contributed by atoms with van der Waals surface area (Å²) in [6.45, 7) is 3.78. The van der Waals surface area contributed by atoms with Gasteiger partial charge in [-0.2, -0.15) is 4.98 Å². The van der Waals surface area contributed by atoms with Gasteiger partial charge in [0.25, 0.3) is 11.5 Å². The Hall–Kier alpha value is -3.18. The Bertz CT molecular complexity index is 1620. The van der Waals surface area contributed by atoms with Crippen LogP contribution < -0.4 is 10.3 Å². The van der Waals surface area contributed by atoms with E-state index < -0.39 is 15.8 Å². The maximum absolute atomic E-state index is 15.2. The fourth-order valence-electron chi connectivity index (χ4n) is 6.26. The van der Waals surface area contributed by atoms with Crippen LogP contribution in [0.15, 0.2) is 40.2 Å². The minimum absolute atomic E-state index is 0.0123. The molecule has 226 valence electrons. The summed E-state index contributed by atoms with van der Waals surface area (Å²) >= 11 is 0. The third kappa shape index (κ3) is 6.89. The Morgan fingerprint density at radius 2 is 1.83 bits per heavy atom. The van der Waals surface area contributed by atoms with Gasteiger partial charge in [-0.05, 0) is 102 Å². The van der Waals surface area contributed by atoms with Gasteiger partial charge in [0.05, 0.1) is 11.4 Å². The van der Waals surface area contributed by atoms with Crippen molar-refractivity contribution < 1.29 is 12.8 Å². The maximum atomic E-state index is 15.2. The average molecular weight is 597 g/mol. The van der Waals surface area contributed by atoms with Crippen molar-refractivity contribution in [3.05, 3.63) is 46.6 Å². The third-order valence-corrected chi connectivity index (χ3v) is 10.1. The number of benzene rings is 1. The van der Waals surface area contributed by atoms with Crippen LogP contribution in [0.3, 0.4) is 0 Å². The second-order valence-electron chi connectivity index (χ2n) is 12.3. The van der Waals surface area contributed by atoms with Gasteiger partial charge in [-0.1, -0.05) is 18.9 Å². The first-order valence-electron chi connectivity index (χ1n) is 14.9. The minimum Gasteiger partial charge on any atom is -0.306 e. The highest BCUT2D eigenvalue weighted by molar-refractivity contribution is 7.92. The lowest BCUT2D eigenvalue weighted by Gasteiger charge is -2.31. The number of hydrogen-bond acceptors (Lipinski definition) is 7. The molecule has 0 aliphatic heterocycles. The molecule has 0 amide bonds. The molecule has 2 heterocycles. The van der Waals surface area contributed by atoms with Gasteiger partial charge in [0.1, 0.15) is 11.5 Å². The molecule has 1 aromatic carbocycles. The van der Waals surface area contributed by atoms with E-state index in [2.05, 4.69) is 38.7 Å². The quantitative estimate of drug-likeness (QED) is 0.307. The lowest BCUT2D eigenvalue weighted by Crippen LogP contribution is -2.32. The second kappa shape index (κ2) is 12.6. The predicted octanol–water partition coefficient (Wildman–Crippen LogP) is 5.93. The molecule has 0 bridgehead atoms. The van der Waals surface area contributed by atoms with Crippen molar-refractivity contribution >= 4 is 38.9 Å². The van der Waals surface area contributed by atoms with Crippen molar-refractivity contribution in [2.75, 3.05) is 24.6 Å². The summed E-state index contributed by atoms with van der Waals surface area (Å²) in [5.41, 5.74) is 0.662. The van der Waals surface area contributed by atoms with Gasteiger partial charge in [0, 0.05) is 35.4 Å². The highest BCUT2D eigenvalue weighted by Gasteiger charge is 2.24. The number of anilines is 1. The molecule has 2 aromatic heterocycles. The number of aromatic nitrogens is 3. The van der Waals surface area contributed by atoms with Gasteiger partial charge in [0.15, 0.2) is 0 Å². The van der Waals surface area contributed by atoms with Gasteiger partial charge in [0.2, 0.25) is 10.0 Å². The molecule has 11 heteroatoms. The number of hydrogen-bond donors (Lipinski definition) is 1. The van der Waals surface area contributed by atoms with Gasteiger partial charge >= 0.3 is 0 Å². The van der Waals surface area contributed by atoms with Gasteiger partial charge in [-0.3, -0.25) is 14.1 Å². The molecule has 2 aliphatic carbocycles. The van der Waals surface area contributed by atoms with E-state index in [4.69, 9.17) is 0 Å².